The summed E-state index contributed by atoms with van der Waals surface area (Å²) in [5.41, 5.74) is 0. The molecule has 0 aliphatic rings. The van der Waals surface area contributed by atoms with Crippen LogP contribution in [0.5, 0.6) is 0 Å². The summed E-state index contributed by atoms with van der Waals surface area (Å²) < 4.78 is 26.3. The second-order valence-electron chi connectivity index (χ2n) is 3.60. The predicted octanol–water partition coefficient (Wildman–Crippen LogP) is 0.761. The van der Waals surface area contributed by atoms with Crippen molar-refractivity contribution < 1.29 is 17.9 Å². The normalized spacial score (nSPS) is 13.1. The van der Waals surface area contributed by atoms with Crippen LogP contribution in [0.3, 0.4) is 0 Å². The van der Waals surface area contributed by atoms with E-state index in [0.717, 1.165) is 0 Å². The Kier molecular flexibility index (Phi) is 3.49. The molecule has 0 saturated heterocycles. The molecule has 0 bridgehead atoms. The maximum atomic E-state index is 11.7. The molecule has 0 spiro atoms. The minimum absolute atomic E-state index is 0.582. The van der Waals surface area contributed by atoms with Crippen molar-refractivity contribution in [3.63, 3.8) is 0 Å². The zero-order valence-electron chi connectivity index (χ0n) is 8.62. The molecule has 0 aliphatic carbocycles. The Bertz CT molecular complexity index is 287. The first-order valence-corrected chi connectivity index (χ1v) is 5.54. The number of esters is 1. The standard InChI is InChI=1S/C8H16O4S/c1-6(2)13(10,11)8(3,4)7(9)12-5/h6H,1-5H3. The van der Waals surface area contributed by atoms with Crippen LogP contribution in [-0.4, -0.2) is 31.5 Å². The summed E-state index contributed by atoms with van der Waals surface area (Å²) in [7, 11) is -2.28. The monoisotopic (exact) mass is 208 g/mol. The maximum absolute atomic E-state index is 11.7. The number of rotatable bonds is 3. The van der Waals surface area contributed by atoms with Gasteiger partial charge >= 0.3 is 5.97 Å². The molecule has 0 aliphatic heterocycles. The Hall–Kier alpha value is -0.580. The van der Waals surface area contributed by atoms with Gasteiger partial charge in [-0.25, -0.2) is 8.42 Å². The van der Waals surface area contributed by atoms with Gasteiger partial charge in [-0.2, -0.15) is 0 Å². The van der Waals surface area contributed by atoms with Gasteiger partial charge in [-0.3, -0.25) is 4.79 Å². The van der Waals surface area contributed by atoms with Gasteiger partial charge in [0, 0.05) is 0 Å². The van der Waals surface area contributed by atoms with E-state index < -0.39 is 25.8 Å². The zero-order chi connectivity index (χ0) is 10.9. The average Bonchev–Trinajstić information content (AvgIpc) is 2.02. The molecule has 0 fully saturated rings. The van der Waals surface area contributed by atoms with Gasteiger partial charge in [0.15, 0.2) is 14.6 Å². The van der Waals surface area contributed by atoms with Crippen LogP contribution >= 0.6 is 0 Å². The summed E-state index contributed by atoms with van der Waals surface area (Å²) >= 11 is 0. The van der Waals surface area contributed by atoms with Crippen molar-refractivity contribution in [2.75, 3.05) is 7.11 Å². The molecule has 0 heterocycles. The smallest absolute Gasteiger partial charge is 0.326 e. The molecule has 0 radical (unpaired) electrons. The summed E-state index contributed by atoms with van der Waals surface area (Å²) in [4.78, 5) is 11.2. The molecular weight excluding hydrogens is 192 g/mol. The lowest BCUT2D eigenvalue weighted by molar-refractivity contribution is -0.142. The largest absolute Gasteiger partial charge is 0.468 e. The minimum Gasteiger partial charge on any atom is -0.468 e. The van der Waals surface area contributed by atoms with E-state index in [4.69, 9.17) is 0 Å². The molecule has 5 heteroatoms. The fourth-order valence-electron chi connectivity index (χ4n) is 0.951. The van der Waals surface area contributed by atoms with Crippen molar-refractivity contribution in [2.45, 2.75) is 37.7 Å². The summed E-state index contributed by atoms with van der Waals surface area (Å²) in [6, 6.07) is 0. The van der Waals surface area contributed by atoms with E-state index in [1.807, 2.05) is 0 Å². The van der Waals surface area contributed by atoms with E-state index in [1.165, 1.54) is 21.0 Å². The van der Waals surface area contributed by atoms with Gasteiger partial charge in [0.1, 0.15) is 0 Å². The maximum Gasteiger partial charge on any atom is 0.326 e. The molecule has 0 aromatic heterocycles. The van der Waals surface area contributed by atoms with Gasteiger partial charge in [-0.1, -0.05) is 0 Å². The Morgan fingerprint density at radius 1 is 1.31 bits per heavy atom. The van der Waals surface area contributed by atoms with Gasteiger partial charge in [0.05, 0.1) is 12.4 Å². The fourth-order valence-corrected chi connectivity index (χ4v) is 2.45. The van der Waals surface area contributed by atoms with Crippen LogP contribution in [0, 0.1) is 0 Å². The minimum atomic E-state index is -3.46. The van der Waals surface area contributed by atoms with E-state index in [0.29, 0.717) is 0 Å². The number of sulfone groups is 1. The van der Waals surface area contributed by atoms with Crippen molar-refractivity contribution in [3.05, 3.63) is 0 Å². The van der Waals surface area contributed by atoms with E-state index >= 15 is 0 Å². The Morgan fingerprint density at radius 3 is 1.92 bits per heavy atom. The first-order chi connectivity index (χ1) is 5.67. The molecule has 78 valence electrons. The lowest BCUT2D eigenvalue weighted by atomic mass is 10.2. The second kappa shape index (κ2) is 3.65. The van der Waals surface area contributed by atoms with Crippen molar-refractivity contribution in [2.24, 2.45) is 0 Å². The molecule has 0 saturated carbocycles. The highest BCUT2D eigenvalue weighted by Gasteiger charge is 2.44. The molecular formula is C8H16O4S. The van der Waals surface area contributed by atoms with Crippen molar-refractivity contribution in [1.82, 2.24) is 0 Å². The predicted molar refractivity (Wildman–Crippen MR) is 50.2 cm³/mol. The van der Waals surface area contributed by atoms with Gasteiger partial charge < -0.3 is 4.74 Å². The molecule has 0 amide bonds. The highest BCUT2D eigenvalue weighted by molar-refractivity contribution is 7.94. The van der Waals surface area contributed by atoms with Gasteiger partial charge in [-0.05, 0) is 27.7 Å². The summed E-state index contributed by atoms with van der Waals surface area (Å²) in [6.45, 7) is 5.79. The molecule has 13 heavy (non-hydrogen) atoms. The molecule has 4 nitrogen and oxygen atoms in total. The number of carbonyl (C=O) groups is 1. The van der Waals surface area contributed by atoms with Crippen LogP contribution < -0.4 is 0 Å². The van der Waals surface area contributed by atoms with E-state index in [2.05, 4.69) is 4.74 Å². The molecule has 0 rings (SSSR count). The second-order valence-corrected chi connectivity index (χ2v) is 6.65. The van der Waals surface area contributed by atoms with Crippen LogP contribution in [0.1, 0.15) is 27.7 Å². The van der Waals surface area contributed by atoms with Gasteiger partial charge in [0.2, 0.25) is 0 Å². The molecule has 0 atom stereocenters. The number of hydrogen-bond acceptors (Lipinski definition) is 4. The fraction of sp³-hybridized carbons (Fsp3) is 0.875. The third-order valence-corrected chi connectivity index (χ3v) is 4.84. The van der Waals surface area contributed by atoms with Gasteiger partial charge in [0.25, 0.3) is 0 Å². The molecule has 0 N–H and O–H groups in total. The van der Waals surface area contributed by atoms with Crippen molar-refractivity contribution >= 4 is 15.8 Å². The lowest BCUT2D eigenvalue weighted by Crippen LogP contribution is -2.45. The van der Waals surface area contributed by atoms with E-state index in [9.17, 15) is 13.2 Å². The topological polar surface area (TPSA) is 60.4 Å². The van der Waals surface area contributed by atoms with Gasteiger partial charge in [-0.15, -0.1) is 0 Å². The summed E-state index contributed by atoms with van der Waals surface area (Å²) in [6.07, 6.45) is 0. The lowest BCUT2D eigenvalue weighted by Gasteiger charge is -2.23. The first-order valence-electron chi connectivity index (χ1n) is 3.99. The highest BCUT2D eigenvalue weighted by atomic mass is 32.2. The zero-order valence-corrected chi connectivity index (χ0v) is 9.44. The third-order valence-electron chi connectivity index (χ3n) is 2.01. The molecule has 0 aromatic carbocycles. The van der Waals surface area contributed by atoms with Crippen molar-refractivity contribution in [1.29, 1.82) is 0 Å². The number of ether oxygens (including phenoxy) is 1. The van der Waals surface area contributed by atoms with Crippen molar-refractivity contribution in [3.8, 4) is 0 Å². The van der Waals surface area contributed by atoms with Crippen LogP contribution in [0.15, 0.2) is 0 Å². The summed E-state index contributed by atoms with van der Waals surface area (Å²) in [5, 5.41) is -0.582. The van der Waals surface area contributed by atoms with Crippen LogP contribution in [0.2, 0.25) is 0 Å². The van der Waals surface area contributed by atoms with Crippen LogP contribution in [0.4, 0.5) is 0 Å². The molecule has 0 aromatic rings. The SMILES string of the molecule is COC(=O)C(C)(C)S(=O)(=O)C(C)C. The number of methoxy groups -OCH3 is 1. The first kappa shape index (κ1) is 12.4. The average molecular weight is 208 g/mol. The Labute approximate surface area is 79.2 Å². The third kappa shape index (κ3) is 2.02. The van der Waals surface area contributed by atoms with Crippen LogP contribution in [0.25, 0.3) is 0 Å². The number of carbonyl (C=O) groups excluding carboxylic acids is 1. The van der Waals surface area contributed by atoms with E-state index in [1.54, 1.807) is 13.8 Å². The molecule has 0 unspecified atom stereocenters. The Morgan fingerprint density at radius 2 is 1.69 bits per heavy atom. The highest BCUT2D eigenvalue weighted by Crippen LogP contribution is 2.22. The quantitative estimate of drug-likeness (QED) is 0.642. The number of hydrogen-bond donors (Lipinski definition) is 0. The van der Waals surface area contributed by atoms with E-state index in [-0.39, 0.29) is 0 Å². The summed E-state index contributed by atoms with van der Waals surface area (Å²) in [5.74, 6) is -0.721. The van der Waals surface area contributed by atoms with Crippen LogP contribution in [-0.2, 0) is 19.4 Å². The Balaban J connectivity index is 5.17.